The first kappa shape index (κ1) is 29.4. The second-order valence-corrected chi connectivity index (χ2v) is 11.1. The van der Waals surface area contributed by atoms with Crippen LogP contribution in [-0.2, 0) is 25.8 Å². The van der Waals surface area contributed by atoms with Gasteiger partial charge in [0, 0.05) is 31.9 Å². The minimum atomic E-state index is -0.634. The van der Waals surface area contributed by atoms with Crippen LogP contribution in [0.3, 0.4) is 0 Å². The van der Waals surface area contributed by atoms with E-state index in [1.165, 1.54) is 23.3 Å². The molecule has 1 amide bonds. The Hall–Kier alpha value is -3.58. The Morgan fingerprint density at radius 1 is 1.07 bits per heavy atom. The molecule has 1 heterocycles. The number of aliphatic imine (C=N–C) groups is 1. The van der Waals surface area contributed by atoms with Crippen molar-refractivity contribution in [1.29, 1.82) is 0 Å². The summed E-state index contributed by atoms with van der Waals surface area (Å²) in [5, 5.41) is 6.59. The van der Waals surface area contributed by atoms with Gasteiger partial charge in [-0.3, -0.25) is 9.79 Å². The van der Waals surface area contributed by atoms with Crippen LogP contribution in [0.15, 0.2) is 59.6 Å². The van der Waals surface area contributed by atoms with E-state index in [0.717, 1.165) is 36.5 Å². The number of ether oxygens (including phenoxy) is 1. The molecule has 0 saturated carbocycles. The van der Waals surface area contributed by atoms with E-state index in [0.29, 0.717) is 36.4 Å². The Balaban J connectivity index is 1.54. The molecule has 4 rings (SSSR count). The van der Waals surface area contributed by atoms with Crippen molar-refractivity contribution in [2.75, 3.05) is 13.6 Å². The van der Waals surface area contributed by atoms with Crippen molar-refractivity contribution >= 4 is 12.1 Å². The number of carbonyl (C=O) groups is 1. The monoisotopic (exact) mass is 547 g/mol. The van der Waals surface area contributed by atoms with Crippen LogP contribution in [0.4, 0.5) is 8.78 Å². The smallest absolute Gasteiger partial charge is 0.255 e. The number of amides is 1. The summed E-state index contributed by atoms with van der Waals surface area (Å²) in [6.45, 7) is 7.47. The van der Waals surface area contributed by atoms with Crippen LogP contribution in [0, 0.1) is 11.6 Å². The van der Waals surface area contributed by atoms with E-state index in [9.17, 15) is 13.6 Å². The number of rotatable bonds is 11. The summed E-state index contributed by atoms with van der Waals surface area (Å²) >= 11 is 0. The molecule has 0 saturated heterocycles. The van der Waals surface area contributed by atoms with Crippen LogP contribution < -0.4 is 15.4 Å². The predicted octanol–water partition coefficient (Wildman–Crippen LogP) is 6.20. The zero-order valence-corrected chi connectivity index (χ0v) is 23.8. The highest BCUT2D eigenvalue weighted by Gasteiger charge is 2.31. The van der Waals surface area contributed by atoms with Gasteiger partial charge >= 0.3 is 0 Å². The highest BCUT2D eigenvalue weighted by Crippen LogP contribution is 2.36. The van der Waals surface area contributed by atoms with Crippen LogP contribution in [0.1, 0.15) is 71.8 Å². The highest BCUT2D eigenvalue weighted by atomic mass is 19.1. The maximum absolute atomic E-state index is 14.0. The van der Waals surface area contributed by atoms with Gasteiger partial charge in [0.15, 0.2) is 0 Å². The van der Waals surface area contributed by atoms with Gasteiger partial charge in [0.1, 0.15) is 23.0 Å². The Morgan fingerprint density at radius 3 is 2.55 bits per heavy atom. The zero-order chi connectivity index (χ0) is 28.7. The molecule has 40 heavy (non-hydrogen) atoms. The molecule has 0 unspecified atom stereocenters. The summed E-state index contributed by atoms with van der Waals surface area (Å²) in [7, 11) is 1.69. The van der Waals surface area contributed by atoms with E-state index in [1.807, 2.05) is 19.9 Å². The second kappa shape index (κ2) is 13.2. The molecule has 0 fully saturated rings. The number of benzene rings is 3. The normalized spacial score (nSPS) is 14.9. The molecule has 1 aliphatic heterocycles. The minimum absolute atomic E-state index is 0.280. The Kier molecular flexibility index (Phi) is 9.69. The van der Waals surface area contributed by atoms with Gasteiger partial charge in [0.05, 0.1) is 5.56 Å². The maximum Gasteiger partial charge on any atom is 0.255 e. The number of aryl methyl sites for hydroxylation is 2. The molecule has 0 bridgehead atoms. The lowest BCUT2D eigenvalue weighted by Gasteiger charge is -2.34. The Bertz CT molecular complexity index is 1350. The van der Waals surface area contributed by atoms with Gasteiger partial charge in [-0.15, -0.1) is 0 Å². The number of fused-ring (bicyclic) bond motifs is 1. The Morgan fingerprint density at radius 2 is 1.82 bits per heavy atom. The number of hydrogen-bond acceptors (Lipinski definition) is 4. The van der Waals surface area contributed by atoms with Gasteiger partial charge in [0.2, 0.25) is 0 Å². The molecule has 212 valence electrons. The van der Waals surface area contributed by atoms with Crippen molar-refractivity contribution in [2.24, 2.45) is 4.99 Å². The van der Waals surface area contributed by atoms with Gasteiger partial charge in [0.25, 0.3) is 5.91 Å². The molecule has 0 radical (unpaired) electrons. The summed E-state index contributed by atoms with van der Waals surface area (Å²) in [5.74, 6) is -0.958. The summed E-state index contributed by atoms with van der Waals surface area (Å²) in [6.07, 6.45) is 5.20. The topological polar surface area (TPSA) is 62.7 Å². The summed E-state index contributed by atoms with van der Waals surface area (Å²) in [4.78, 5) is 17.9. The fourth-order valence-electron chi connectivity index (χ4n) is 5.15. The van der Waals surface area contributed by atoms with Crippen molar-refractivity contribution in [3.05, 3.63) is 99.6 Å². The van der Waals surface area contributed by atoms with Crippen LogP contribution in [-0.4, -0.2) is 37.4 Å². The molecule has 0 aliphatic carbocycles. The van der Waals surface area contributed by atoms with Crippen molar-refractivity contribution < 1.29 is 18.3 Å². The van der Waals surface area contributed by atoms with Crippen LogP contribution in [0.2, 0.25) is 0 Å². The van der Waals surface area contributed by atoms with E-state index in [4.69, 9.17) is 4.74 Å². The van der Waals surface area contributed by atoms with Gasteiger partial charge in [-0.2, -0.15) is 0 Å². The third-order valence-electron chi connectivity index (χ3n) is 7.22. The first-order valence-electron chi connectivity index (χ1n) is 14.0. The highest BCUT2D eigenvalue weighted by molar-refractivity contribution is 5.99. The van der Waals surface area contributed by atoms with E-state index in [1.54, 1.807) is 19.3 Å². The van der Waals surface area contributed by atoms with Crippen molar-refractivity contribution in [2.45, 2.75) is 71.1 Å². The fourth-order valence-corrected chi connectivity index (χ4v) is 5.15. The minimum Gasteiger partial charge on any atom is -0.487 e. The lowest BCUT2D eigenvalue weighted by atomic mass is 9.91. The van der Waals surface area contributed by atoms with Gasteiger partial charge in [-0.1, -0.05) is 31.2 Å². The third-order valence-corrected chi connectivity index (χ3v) is 7.22. The molecule has 1 aliphatic rings. The first-order valence-corrected chi connectivity index (χ1v) is 14.0. The SMILES string of the molecule is CCc1cccc(CNCC[C@H](Cc2cc(F)cc(F)c2)NC(=O)c2cc(C=NC)cc3c2OC(C)(C)CC3)c1. The number of hydrogen-bond donors (Lipinski definition) is 2. The molecule has 2 N–H and O–H groups in total. The van der Waals surface area contributed by atoms with Gasteiger partial charge in [-0.25, -0.2) is 8.78 Å². The molecule has 3 aromatic rings. The quantitative estimate of drug-likeness (QED) is 0.222. The number of nitrogens with zero attached hydrogens (tertiary/aromatic N) is 1. The summed E-state index contributed by atoms with van der Waals surface area (Å²) in [5.41, 5.74) is 4.81. The van der Waals surface area contributed by atoms with E-state index in [2.05, 4.69) is 46.8 Å². The number of halogens is 2. The lowest BCUT2D eigenvalue weighted by Crippen LogP contribution is -2.40. The molecule has 1 atom stereocenters. The molecule has 3 aromatic carbocycles. The lowest BCUT2D eigenvalue weighted by molar-refractivity contribution is 0.0789. The number of nitrogens with one attached hydrogen (secondary N) is 2. The second-order valence-electron chi connectivity index (χ2n) is 11.1. The molecular weight excluding hydrogens is 508 g/mol. The van der Waals surface area contributed by atoms with E-state index in [-0.39, 0.29) is 24.0 Å². The fraction of sp³-hybridized carbons (Fsp3) is 0.394. The van der Waals surface area contributed by atoms with Crippen molar-refractivity contribution in [3.63, 3.8) is 0 Å². The maximum atomic E-state index is 14.0. The summed E-state index contributed by atoms with van der Waals surface area (Å²) < 4.78 is 34.2. The van der Waals surface area contributed by atoms with Crippen molar-refractivity contribution in [1.82, 2.24) is 10.6 Å². The van der Waals surface area contributed by atoms with E-state index >= 15 is 0 Å². The van der Waals surface area contributed by atoms with Crippen LogP contribution in [0.25, 0.3) is 0 Å². The largest absolute Gasteiger partial charge is 0.487 e. The van der Waals surface area contributed by atoms with Crippen molar-refractivity contribution in [3.8, 4) is 5.75 Å². The predicted molar refractivity (Wildman–Crippen MR) is 156 cm³/mol. The number of carbonyl (C=O) groups excluding carboxylic acids is 1. The molecule has 7 heteroatoms. The molecule has 5 nitrogen and oxygen atoms in total. The molecule has 0 spiro atoms. The zero-order valence-electron chi connectivity index (χ0n) is 23.8. The standard InChI is InChI=1S/C33H39F2N3O2/c1-5-22-7-6-8-23(13-22)21-37-12-10-29(17-24-15-27(34)19-28(35)16-24)38-32(39)30-18-25(20-36-4)14-26-9-11-33(2,3)40-31(26)30/h6-8,13-16,18-20,29,37H,5,9-12,17,21H2,1-4H3,(H,38,39)/t29-/m1/s1. The summed E-state index contributed by atoms with van der Waals surface area (Å²) in [6, 6.07) is 15.4. The molecular formula is C33H39F2N3O2. The van der Waals surface area contributed by atoms with Crippen LogP contribution >= 0.6 is 0 Å². The van der Waals surface area contributed by atoms with E-state index < -0.39 is 11.6 Å². The first-order chi connectivity index (χ1) is 19.2. The average molecular weight is 548 g/mol. The average Bonchev–Trinajstić information content (AvgIpc) is 2.90. The third kappa shape index (κ3) is 7.98. The van der Waals surface area contributed by atoms with Crippen LogP contribution in [0.5, 0.6) is 5.75 Å². The molecule has 0 aromatic heterocycles. The Labute approximate surface area is 236 Å². The van der Waals surface area contributed by atoms with Gasteiger partial charge in [-0.05, 0) is 105 Å². The van der Waals surface area contributed by atoms with Gasteiger partial charge < -0.3 is 15.4 Å².